The van der Waals surface area contributed by atoms with Crippen molar-refractivity contribution in [1.82, 2.24) is 5.32 Å². The number of fused-ring (bicyclic) bond motifs is 1. The average Bonchev–Trinajstić information content (AvgIpc) is 2.55. The van der Waals surface area contributed by atoms with Gasteiger partial charge in [0.2, 0.25) is 5.91 Å². The number of benzene rings is 2. The lowest BCUT2D eigenvalue weighted by atomic mass is 9.98. The summed E-state index contributed by atoms with van der Waals surface area (Å²) in [6, 6.07) is 14.7. The van der Waals surface area contributed by atoms with Gasteiger partial charge >= 0.3 is 0 Å². The number of nitrogens with one attached hydrogen (secondary N) is 1. The Bertz CT molecular complexity index is 632. The number of hydrogen-bond donors (Lipinski definition) is 1. The molecule has 1 heterocycles. The van der Waals surface area contributed by atoms with Gasteiger partial charge in [0.25, 0.3) is 0 Å². The molecule has 3 rings (SSSR count). The molecule has 21 heavy (non-hydrogen) atoms. The summed E-state index contributed by atoms with van der Waals surface area (Å²) < 4.78 is 5.31. The van der Waals surface area contributed by atoms with Crippen molar-refractivity contribution >= 4 is 16.7 Å². The molecule has 1 saturated heterocycles. The van der Waals surface area contributed by atoms with Crippen LogP contribution in [-0.4, -0.2) is 19.1 Å². The van der Waals surface area contributed by atoms with E-state index in [1.807, 2.05) is 19.1 Å². The Hall–Kier alpha value is -1.87. The van der Waals surface area contributed by atoms with Crippen molar-refractivity contribution in [3.63, 3.8) is 0 Å². The topological polar surface area (TPSA) is 38.3 Å². The Morgan fingerprint density at radius 1 is 1.14 bits per heavy atom. The molecular weight excluding hydrogens is 262 g/mol. The first kappa shape index (κ1) is 14.1. The highest BCUT2D eigenvalue weighted by molar-refractivity contribution is 5.83. The third kappa shape index (κ3) is 3.24. The number of carbonyl (C=O) groups excluding carboxylic acids is 1. The molecule has 0 saturated carbocycles. The summed E-state index contributed by atoms with van der Waals surface area (Å²) in [6.45, 7) is 3.44. The highest BCUT2D eigenvalue weighted by Gasteiger charge is 2.22. The first-order valence-electron chi connectivity index (χ1n) is 7.61. The van der Waals surface area contributed by atoms with E-state index in [9.17, 15) is 4.79 Å². The van der Waals surface area contributed by atoms with E-state index in [1.54, 1.807) is 0 Å². The lowest BCUT2D eigenvalue weighted by molar-refractivity contribution is -0.128. The molecule has 1 amide bonds. The first-order valence-corrected chi connectivity index (χ1v) is 7.61. The molecular formula is C18H21NO2. The Balaban J connectivity index is 1.71. The van der Waals surface area contributed by atoms with E-state index in [4.69, 9.17) is 4.74 Å². The van der Waals surface area contributed by atoms with Crippen LogP contribution in [-0.2, 0) is 9.53 Å². The lowest BCUT2D eigenvalue weighted by Gasteiger charge is -2.23. The second kappa shape index (κ2) is 6.27. The van der Waals surface area contributed by atoms with Crippen molar-refractivity contribution in [3.8, 4) is 0 Å². The zero-order valence-electron chi connectivity index (χ0n) is 12.3. The number of rotatable bonds is 3. The van der Waals surface area contributed by atoms with Crippen LogP contribution in [0.1, 0.15) is 31.4 Å². The molecule has 1 aliphatic heterocycles. The third-order valence-electron chi connectivity index (χ3n) is 4.22. The largest absolute Gasteiger partial charge is 0.381 e. The SMILES string of the molecule is CC(NC(=O)C1CCOCC1)c1ccc2ccccc2c1. The van der Waals surface area contributed by atoms with E-state index in [2.05, 4.69) is 35.6 Å². The zero-order valence-corrected chi connectivity index (χ0v) is 12.3. The molecule has 1 aliphatic rings. The molecule has 2 aromatic rings. The number of hydrogen-bond acceptors (Lipinski definition) is 2. The summed E-state index contributed by atoms with van der Waals surface area (Å²) >= 11 is 0. The van der Waals surface area contributed by atoms with E-state index in [0.717, 1.165) is 18.4 Å². The van der Waals surface area contributed by atoms with Crippen molar-refractivity contribution in [2.45, 2.75) is 25.8 Å². The van der Waals surface area contributed by atoms with Gasteiger partial charge in [0.1, 0.15) is 0 Å². The minimum absolute atomic E-state index is 0.0324. The van der Waals surface area contributed by atoms with Gasteiger partial charge in [-0.25, -0.2) is 0 Å². The molecule has 3 heteroatoms. The van der Waals surface area contributed by atoms with Gasteiger partial charge < -0.3 is 10.1 Å². The Kier molecular flexibility index (Phi) is 4.20. The van der Waals surface area contributed by atoms with Crippen LogP contribution < -0.4 is 5.32 Å². The van der Waals surface area contributed by atoms with Crippen molar-refractivity contribution in [3.05, 3.63) is 48.0 Å². The van der Waals surface area contributed by atoms with Crippen LogP contribution in [0.25, 0.3) is 10.8 Å². The van der Waals surface area contributed by atoms with E-state index < -0.39 is 0 Å². The fourth-order valence-electron chi connectivity index (χ4n) is 2.85. The molecule has 0 bridgehead atoms. The molecule has 1 N–H and O–H groups in total. The summed E-state index contributed by atoms with van der Waals surface area (Å²) in [5.41, 5.74) is 1.15. The van der Waals surface area contributed by atoms with Gasteiger partial charge in [-0.1, -0.05) is 36.4 Å². The monoisotopic (exact) mass is 283 g/mol. The smallest absolute Gasteiger partial charge is 0.223 e. The van der Waals surface area contributed by atoms with Crippen LogP contribution in [0, 0.1) is 5.92 Å². The number of carbonyl (C=O) groups is 1. The molecule has 1 fully saturated rings. The molecule has 0 spiro atoms. The summed E-state index contributed by atoms with van der Waals surface area (Å²) in [7, 11) is 0. The highest BCUT2D eigenvalue weighted by Crippen LogP contribution is 2.22. The van der Waals surface area contributed by atoms with Crippen LogP contribution in [0.15, 0.2) is 42.5 Å². The minimum Gasteiger partial charge on any atom is -0.381 e. The van der Waals surface area contributed by atoms with Gasteiger partial charge in [-0.05, 0) is 42.2 Å². The van der Waals surface area contributed by atoms with Crippen LogP contribution in [0.4, 0.5) is 0 Å². The molecule has 0 aromatic heterocycles. The van der Waals surface area contributed by atoms with Crippen LogP contribution in [0.2, 0.25) is 0 Å². The number of ether oxygens (including phenoxy) is 1. The zero-order chi connectivity index (χ0) is 14.7. The summed E-state index contributed by atoms with van der Waals surface area (Å²) in [5, 5.41) is 5.57. The van der Waals surface area contributed by atoms with Crippen LogP contribution >= 0.6 is 0 Å². The molecule has 2 aromatic carbocycles. The molecule has 110 valence electrons. The van der Waals surface area contributed by atoms with Gasteiger partial charge in [0.05, 0.1) is 6.04 Å². The summed E-state index contributed by atoms with van der Waals surface area (Å²) in [4.78, 5) is 12.3. The number of amides is 1. The Morgan fingerprint density at radius 3 is 2.62 bits per heavy atom. The molecule has 3 nitrogen and oxygen atoms in total. The maximum absolute atomic E-state index is 12.3. The fourth-order valence-corrected chi connectivity index (χ4v) is 2.85. The van der Waals surface area contributed by atoms with Crippen molar-refractivity contribution < 1.29 is 9.53 Å². The van der Waals surface area contributed by atoms with E-state index in [0.29, 0.717) is 13.2 Å². The third-order valence-corrected chi connectivity index (χ3v) is 4.22. The highest BCUT2D eigenvalue weighted by atomic mass is 16.5. The Morgan fingerprint density at radius 2 is 1.86 bits per heavy atom. The standard InChI is InChI=1S/C18H21NO2/c1-13(19-18(20)15-8-10-21-11-9-15)16-7-6-14-4-2-3-5-17(14)12-16/h2-7,12-13,15H,8-11H2,1H3,(H,19,20). The normalized spacial score (nSPS) is 17.6. The van der Waals surface area contributed by atoms with Crippen molar-refractivity contribution in [2.24, 2.45) is 5.92 Å². The maximum Gasteiger partial charge on any atom is 0.223 e. The van der Waals surface area contributed by atoms with Gasteiger partial charge in [-0.15, -0.1) is 0 Å². The molecule has 1 atom stereocenters. The predicted octanol–water partition coefficient (Wildman–Crippen LogP) is 3.44. The molecule has 0 aliphatic carbocycles. The fraction of sp³-hybridized carbons (Fsp3) is 0.389. The average molecular weight is 283 g/mol. The molecule has 1 unspecified atom stereocenters. The summed E-state index contributed by atoms with van der Waals surface area (Å²) in [6.07, 6.45) is 1.66. The Labute approximate surface area is 125 Å². The second-order valence-electron chi connectivity index (χ2n) is 5.72. The van der Waals surface area contributed by atoms with E-state index >= 15 is 0 Å². The van der Waals surface area contributed by atoms with Crippen molar-refractivity contribution in [2.75, 3.05) is 13.2 Å². The van der Waals surface area contributed by atoms with Gasteiger partial charge in [-0.2, -0.15) is 0 Å². The van der Waals surface area contributed by atoms with Gasteiger partial charge in [0.15, 0.2) is 0 Å². The molecule has 0 radical (unpaired) electrons. The lowest BCUT2D eigenvalue weighted by Crippen LogP contribution is -2.35. The van der Waals surface area contributed by atoms with E-state index in [1.165, 1.54) is 10.8 Å². The van der Waals surface area contributed by atoms with Crippen LogP contribution in [0.3, 0.4) is 0 Å². The van der Waals surface area contributed by atoms with E-state index in [-0.39, 0.29) is 17.9 Å². The minimum atomic E-state index is 0.0324. The van der Waals surface area contributed by atoms with Gasteiger partial charge in [0, 0.05) is 19.1 Å². The predicted molar refractivity (Wildman–Crippen MR) is 84.0 cm³/mol. The quantitative estimate of drug-likeness (QED) is 0.937. The maximum atomic E-state index is 12.3. The second-order valence-corrected chi connectivity index (χ2v) is 5.72. The first-order chi connectivity index (χ1) is 10.2. The van der Waals surface area contributed by atoms with Crippen LogP contribution in [0.5, 0.6) is 0 Å². The van der Waals surface area contributed by atoms with Crippen molar-refractivity contribution in [1.29, 1.82) is 0 Å². The van der Waals surface area contributed by atoms with Gasteiger partial charge in [-0.3, -0.25) is 4.79 Å². The summed E-state index contributed by atoms with van der Waals surface area (Å²) in [5.74, 6) is 0.251.